The zero-order chi connectivity index (χ0) is 15.2. The Hall–Kier alpha value is -2.33. The van der Waals surface area contributed by atoms with Crippen LogP contribution in [0.5, 0.6) is 5.75 Å². The number of carboxylic acids is 1. The molecule has 1 aromatic heterocycles. The molecule has 2 rings (SSSR count). The number of hydrogen-bond donors (Lipinski definition) is 1. The smallest absolute Gasteiger partial charge is 0.328 e. The van der Waals surface area contributed by atoms with E-state index in [0.717, 1.165) is 17.3 Å². The molecular formula is C16H14ClNO3. The topological polar surface area (TPSA) is 59.4 Å². The first-order valence-electron chi connectivity index (χ1n) is 6.30. The summed E-state index contributed by atoms with van der Waals surface area (Å²) < 4.78 is 5.65. The number of pyridine rings is 1. The van der Waals surface area contributed by atoms with E-state index in [0.29, 0.717) is 22.9 Å². The number of rotatable bonds is 5. The molecule has 2 aromatic rings. The Labute approximate surface area is 127 Å². The van der Waals surface area contributed by atoms with Crippen LogP contribution in [-0.4, -0.2) is 16.1 Å². The molecule has 0 saturated heterocycles. The second kappa shape index (κ2) is 6.90. The third-order valence-electron chi connectivity index (χ3n) is 2.86. The lowest BCUT2D eigenvalue weighted by atomic mass is 10.2. The number of aliphatic carboxylic acids is 1. The number of hydrogen-bond acceptors (Lipinski definition) is 3. The highest BCUT2D eigenvalue weighted by molar-refractivity contribution is 6.32. The molecule has 108 valence electrons. The van der Waals surface area contributed by atoms with Crippen molar-refractivity contribution in [2.45, 2.75) is 13.5 Å². The average molecular weight is 304 g/mol. The van der Waals surface area contributed by atoms with E-state index in [1.54, 1.807) is 24.4 Å². The van der Waals surface area contributed by atoms with Gasteiger partial charge in [0.2, 0.25) is 0 Å². The molecule has 0 atom stereocenters. The highest BCUT2D eigenvalue weighted by Gasteiger charge is 2.05. The molecule has 0 spiro atoms. The minimum absolute atomic E-state index is 0.330. The Morgan fingerprint density at radius 3 is 2.90 bits per heavy atom. The summed E-state index contributed by atoms with van der Waals surface area (Å²) >= 11 is 6.12. The van der Waals surface area contributed by atoms with Crippen molar-refractivity contribution >= 4 is 23.6 Å². The zero-order valence-electron chi connectivity index (χ0n) is 11.4. The summed E-state index contributed by atoms with van der Waals surface area (Å²) in [4.78, 5) is 14.7. The molecule has 21 heavy (non-hydrogen) atoms. The molecule has 0 unspecified atom stereocenters. The highest BCUT2D eigenvalue weighted by Crippen LogP contribution is 2.26. The molecule has 1 heterocycles. The Morgan fingerprint density at radius 2 is 2.24 bits per heavy atom. The van der Waals surface area contributed by atoms with Crippen LogP contribution in [0.1, 0.15) is 16.8 Å². The average Bonchev–Trinajstić information content (AvgIpc) is 2.45. The van der Waals surface area contributed by atoms with Crippen LogP contribution in [-0.2, 0) is 11.4 Å². The van der Waals surface area contributed by atoms with Gasteiger partial charge in [-0.05, 0) is 42.3 Å². The van der Waals surface area contributed by atoms with Crippen LogP contribution >= 0.6 is 11.6 Å². The second-order valence-electron chi connectivity index (χ2n) is 4.42. The van der Waals surface area contributed by atoms with Gasteiger partial charge in [0.05, 0.1) is 10.7 Å². The molecule has 0 aliphatic carbocycles. The first kappa shape index (κ1) is 15.1. The number of carbonyl (C=O) groups is 1. The predicted molar refractivity (Wildman–Crippen MR) is 81.4 cm³/mol. The fourth-order valence-electron chi connectivity index (χ4n) is 1.72. The van der Waals surface area contributed by atoms with E-state index >= 15 is 0 Å². The van der Waals surface area contributed by atoms with Crippen LogP contribution in [0.2, 0.25) is 5.02 Å². The SMILES string of the molecule is Cc1cccnc1COc1ccc(/C=C/C(=O)O)cc1Cl. The number of ether oxygens (including phenoxy) is 1. The summed E-state index contributed by atoms with van der Waals surface area (Å²) in [7, 11) is 0. The molecule has 0 aliphatic rings. The van der Waals surface area contributed by atoms with Crippen LogP contribution in [0, 0.1) is 6.92 Å². The molecule has 5 heteroatoms. The van der Waals surface area contributed by atoms with Gasteiger partial charge in [0.25, 0.3) is 0 Å². The lowest BCUT2D eigenvalue weighted by molar-refractivity contribution is -0.131. The van der Waals surface area contributed by atoms with E-state index in [1.165, 1.54) is 6.08 Å². The number of halogens is 1. The van der Waals surface area contributed by atoms with E-state index in [9.17, 15) is 4.79 Å². The van der Waals surface area contributed by atoms with E-state index in [2.05, 4.69) is 4.98 Å². The van der Waals surface area contributed by atoms with Gasteiger partial charge < -0.3 is 9.84 Å². The van der Waals surface area contributed by atoms with Crippen molar-refractivity contribution in [2.24, 2.45) is 0 Å². The lowest BCUT2D eigenvalue weighted by Gasteiger charge is -2.09. The van der Waals surface area contributed by atoms with E-state index in [4.69, 9.17) is 21.4 Å². The van der Waals surface area contributed by atoms with Gasteiger partial charge in [-0.1, -0.05) is 23.7 Å². The predicted octanol–water partition coefficient (Wildman–Crippen LogP) is 3.72. The molecule has 4 nitrogen and oxygen atoms in total. The summed E-state index contributed by atoms with van der Waals surface area (Å²) in [5.41, 5.74) is 2.60. The van der Waals surface area contributed by atoms with Crippen molar-refractivity contribution in [3.8, 4) is 5.75 Å². The number of aryl methyl sites for hydroxylation is 1. The van der Waals surface area contributed by atoms with E-state index in [-0.39, 0.29) is 0 Å². The molecule has 0 amide bonds. The fourth-order valence-corrected chi connectivity index (χ4v) is 1.96. The monoisotopic (exact) mass is 303 g/mol. The lowest BCUT2D eigenvalue weighted by Crippen LogP contribution is -2.00. The Bertz CT molecular complexity index is 683. The molecule has 0 saturated carbocycles. The number of carboxylic acid groups (broad SMARTS) is 1. The van der Waals surface area contributed by atoms with Gasteiger partial charge in [0.1, 0.15) is 12.4 Å². The molecule has 0 aliphatic heterocycles. The van der Waals surface area contributed by atoms with Gasteiger partial charge in [-0.25, -0.2) is 4.79 Å². The third kappa shape index (κ3) is 4.33. The van der Waals surface area contributed by atoms with E-state index in [1.807, 2.05) is 19.1 Å². The van der Waals surface area contributed by atoms with Crippen LogP contribution < -0.4 is 4.74 Å². The van der Waals surface area contributed by atoms with Gasteiger partial charge in [0.15, 0.2) is 0 Å². The minimum atomic E-state index is -1.00. The standard InChI is InChI=1S/C16H14ClNO3/c1-11-3-2-8-18-14(11)10-21-15-6-4-12(9-13(15)17)5-7-16(19)20/h2-9H,10H2,1H3,(H,19,20)/b7-5+. The van der Waals surface area contributed by atoms with Crippen molar-refractivity contribution < 1.29 is 14.6 Å². The maximum Gasteiger partial charge on any atom is 0.328 e. The molecule has 0 bridgehead atoms. The first-order chi connectivity index (χ1) is 10.1. The molecule has 0 radical (unpaired) electrons. The quantitative estimate of drug-likeness (QED) is 0.855. The Morgan fingerprint density at radius 1 is 1.43 bits per heavy atom. The van der Waals surface area contributed by atoms with Crippen LogP contribution in [0.15, 0.2) is 42.6 Å². The molecule has 1 aromatic carbocycles. The van der Waals surface area contributed by atoms with Crippen LogP contribution in [0.25, 0.3) is 6.08 Å². The van der Waals surface area contributed by atoms with E-state index < -0.39 is 5.97 Å². The first-order valence-corrected chi connectivity index (χ1v) is 6.68. The summed E-state index contributed by atoms with van der Waals surface area (Å²) in [5.74, 6) is -0.466. The van der Waals surface area contributed by atoms with Gasteiger partial charge >= 0.3 is 5.97 Å². The van der Waals surface area contributed by atoms with Crippen molar-refractivity contribution in [1.29, 1.82) is 0 Å². The largest absolute Gasteiger partial charge is 0.486 e. The number of aromatic nitrogens is 1. The van der Waals surface area contributed by atoms with Gasteiger partial charge in [-0.15, -0.1) is 0 Å². The Kier molecular flexibility index (Phi) is 4.95. The summed E-state index contributed by atoms with van der Waals surface area (Å²) in [6.07, 6.45) is 4.25. The molecular weight excluding hydrogens is 290 g/mol. The Balaban J connectivity index is 2.08. The van der Waals surface area contributed by atoms with Crippen molar-refractivity contribution in [1.82, 2.24) is 4.98 Å². The second-order valence-corrected chi connectivity index (χ2v) is 4.82. The zero-order valence-corrected chi connectivity index (χ0v) is 12.2. The minimum Gasteiger partial charge on any atom is -0.486 e. The normalized spacial score (nSPS) is 10.8. The van der Waals surface area contributed by atoms with Crippen molar-refractivity contribution in [2.75, 3.05) is 0 Å². The maximum absolute atomic E-state index is 10.5. The number of benzene rings is 1. The van der Waals surface area contributed by atoms with Crippen LogP contribution in [0.3, 0.4) is 0 Å². The van der Waals surface area contributed by atoms with Gasteiger partial charge in [0, 0.05) is 12.3 Å². The number of nitrogens with zero attached hydrogens (tertiary/aromatic N) is 1. The molecule has 1 N–H and O–H groups in total. The maximum atomic E-state index is 10.5. The summed E-state index contributed by atoms with van der Waals surface area (Å²) in [5, 5.41) is 9.01. The molecule has 0 fully saturated rings. The van der Waals surface area contributed by atoms with Crippen LogP contribution in [0.4, 0.5) is 0 Å². The highest BCUT2D eigenvalue weighted by atomic mass is 35.5. The fraction of sp³-hybridized carbons (Fsp3) is 0.125. The summed E-state index contributed by atoms with van der Waals surface area (Å²) in [6, 6.07) is 8.94. The van der Waals surface area contributed by atoms with Crippen molar-refractivity contribution in [3.63, 3.8) is 0 Å². The van der Waals surface area contributed by atoms with Gasteiger partial charge in [-0.3, -0.25) is 4.98 Å². The summed E-state index contributed by atoms with van der Waals surface area (Å²) in [6.45, 7) is 2.30. The third-order valence-corrected chi connectivity index (χ3v) is 3.15. The van der Waals surface area contributed by atoms with Gasteiger partial charge in [-0.2, -0.15) is 0 Å². The van der Waals surface area contributed by atoms with Crippen molar-refractivity contribution in [3.05, 3.63) is 64.4 Å².